The Morgan fingerprint density at radius 1 is 0.895 bits per heavy atom. The molecule has 0 heterocycles. The van der Waals surface area contributed by atoms with Crippen LogP contribution in [0, 0.1) is 11.8 Å². The third-order valence-electron chi connectivity index (χ3n) is 2.73. The molecule has 0 aliphatic carbocycles. The van der Waals surface area contributed by atoms with E-state index in [1.807, 2.05) is 27.7 Å². The van der Waals surface area contributed by atoms with E-state index in [0.29, 0.717) is 0 Å². The summed E-state index contributed by atoms with van der Waals surface area (Å²) in [5.41, 5.74) is 0. The van der Waals surface area contributed by atoms with E-state index in [9.17, 15) is 14.4 Å². The van der Waals surface area contributed by atoms with E-state index in [1.54, 1.807) is 0 Å². The number of carbonyl (C=O) groups is 3. The summed E-state index contributed by atoms with van der Waals surface area (Å²) >= 11 is 0. The predicted octanol–water partition coefficient (Wildman–Crippen LogP) is 0.461. The molecule has 0 aromatic heterocycles. The van der Waals surface area contributed by atoms with Gasteiger partial charge in [-0.15, -0.1) is 0 Å². The lowest BCUT2D eigenvalue weighted by Gasteiger charge is -2.25. The summed E-state index contributed by atoms with van der Waals surface area (Å²) in [7, 11) is 1.28. The van der Waals surface area contributed by atoms with Gasteiger partial charge < -0.3 is 15.4 Å². The average Bonchev–Trinajstić information content (AvgIpc) is 2.30. The van der Waals surface area contributed by atoms with Crippen LogP contribution in [0.3, 0.4) is 0 Å². The highest BCUT2D eigenvalue weighted by atomic mass is 16.5. The Balaban J connectivity index is 4.85. The second-order valence-corrected chi connectivity index (χ2v) is 5.18. The smallest absolute Gasteiger partial charge is 0.328 e. The largest absolute Gasteiger partial charge is 0.467 e. The van der Waals surface area contributed by atoms with Gasteiger partial charge in [0.05, 0.1) is 7.11 Å². The Bertz CT molecular complexity index is 340. The lowest BCUT2D eigenvalue weighted by molar-refractivity contribution is -0.146. The molecule has 0 aliphatic heterocycles. The van der Waals surface area contributed by atoms with Gasteiger partial charge in [0.2, 0.25) is 11.8 Å². The third kappa shape index (κ3) is 5.72. The maximum atomic E-state index is 12.1. The molecule has 2 atom stereocenters. The number of esters is 1. The van der Waals surface area contributed by atoms with Gasteiger partial charge in [-0.25, -0.2) is 4.79 Å². The maximum Gasteiger partial charge on any atom is 0.328 e. The van der Waals surface area contributed by atoms with Gasteiger partial charge in [0, 0.05) is 6.92 Å². The topological polar surface area (TPSA) is 84.5 Å². The molecule has 6 heteroatoms. The highest BCUT2D eigenvalue weighted by Gasteiger charge is 2.30. The normalized spacial score (nSPS) is 13.9. The van der Waals surface area contributed by atoms with Crippen LogP contribution in [-0.4, -0.2) is 37.0 Å². The van der Waals surface area contributed by atoms with Gasteiger partial charge in [0.25, 0.3) is 0 Å². The minimum absolute atomic E-state index is 0.0747. The van der Waals surface area contributed by atoms with Crippen molar-refractivity contribution in [1.82, 2.24) is 10.6 Å². The summed E-state index contributed by atoms with van der Waals surface area (Å²) in [6.45, 7) is 8.61. The lowest BCUT2D eigenvalue weighted by Crippen LogP contribution is -2.54. The minimum Gasteiger partial charge on any atom is -0.467 e. The van der Waals surface area contributed by atoms with Crippen LogP contribution in [-0.2, 0) is 19.1 Å². The van der Waals surface area contributed by atoms with Gasteiger partial charge in [-0.05, 0) is 11.8 Å². The van der Waals surface area contributed by atoms with Gasteiger partial charge >= 0.3 is 5.97 Å². The summed E-state index contributed by atoms with van der Waals surface area (Å²) in [6.07, 6.45) is 0. The quantitative estimate of drug-likeness (QED) is 0.688. The maximum absolute atomic E-state index is 12.1. The monoisotopic (exact) mass is 272 g/mol. The fourth-order valence-electron chi connectivity index (χ4n) is 1.62. The first-order valence-corrected chi connectivity index (χ1v) is 6.36. The molecule has 19 heavy (non-hydrogen) atoms. The molecule has 0 aromatic rings. The van der Waals surface area contributed by atoms with Crippen molar-refractivity contribution in [2.45, 2.75) is 46.7 Å². The number of nitrogens with one attached hydrogen (secondary N) is 2. The molecule has 2 N–H and O–H groups in total. The average molecular weight is 272 g/mol. The molecule has 0 aliphatic rings. The first-order valence-electron chi connectivity index (χ1n) is 6.36. The van der Waals surface area contributed by atoms with Crippen molar-refractivity contribution < 1.29 is 19.1 Å². The number of ether oxygens (including phenoxy) is 1. The summed E-state index contributed by atoms with van der Waals surface area (Å²) < 4.78 is 4.65. The molecule has 0 bridgehead atoms. The Kier molecular flexibility index (Phi) is 7.11. The predicted molar refractivity (Wildman–Crippen MR) is 71.2 cm³/mol. The van der Waals surface area contributed by atoms with Gasteiger partial charge in [-0.1, -0.05) is 27.7 Å². The lowest BCUT2D eigenvalue weighted by atomic mass is 10.0. The van der Waals surface area contributed by atoms with E-state index < -0.39 is 18.1 Å². The number of carbonyl (C=O) groups excluding carboxylic acids is 3. The standard InChI is InChI=1S/C13H24N2O4/c1-7(2)10(14-9(5)16)12(17)15-11(8(3)4)13(18)19-6/h7-8,10-11H,1-6H3,(H,14,16)(H,15,17). The molecule has 110 valence electrons. The van der Waals surface area contributed by atoms with Crippen molar-refractivity contribution in [1.29, 1.82) is 0 Å². The number of hydrogen-bond acceptors (Lipinski definition) is 4. The number of amides is 2. The van der Waals surface area contributed by atoms with Crippen molar-refractivity contribution in [2.75, 3.05) is 7.11 Å². The fourth-order valence-corrected chi connectivity index (χ4v) is 1.62. The Morgan fingerprint density at radius 3 is 1.68 bits per heavy atom. The van der Waals surface area contributed by atoms with Crippen LogP contribution in [0.4, 0.5) is 0 Å². The summed E-state index contributed by atoms with van der Waals surface area (Å²) in [5.74, 6) is -1.33. The van der Waals surface area contributed by atoms with Gasteiger partial charge in [-0.3, -0.25) is 9.59 Å². The summed E-state index contributed by atoms with van der Waals surface area (Å²) in [4.78, 5) is 34.8. The molecule has 0 saturated carbocycles. The first-order chi connectivity index (χ1) is 8.70. The zero-order chi connectivity index (χ0) is 15.2. The molecule has 0 fully saturated rings. The second kappa shape index (κ2) is 7.76. The third-order valence-corrected chi connectivity index (χ3v) is 2.73. The molecule has 0 radical (unpaired) electrons. The van der Waals surface area contributed by atoms with Crippen LogP contribution in [0.5, 0.6) is 0 Å². The Labute approximate surface area is 114 Å². The van der Waals surface area contributed by atoms with E-state index in [4.69, 9.17) is 0 Å². The van der Waals surface area contributed by atoms with Gasteiger partial charge in [-0.2, -0.15) is 0 Å². The van der Waals surface area contributed by atoms with Gasteiger partial charge in [0.15, 0.2) is 0 Å². The number of rotatable bonds is 6. The molecule has 0 rings (SSSR count). The highest BCUT2D eigenvalue weighted by molar-refractivity contribution is 5.90. The van der Waals surface area contributed by atoms with Crippen molar-refractivity contribution in [3.63, 3.8) is 0 Å². The van der Waals surface area contributed by atoms with Gasteiger partial charge in [0.1, 0.15) is 12.1 Å². The highest BCUT2D eigenvalue weighted by Crippen LogP contribution is 2.07. The van der Waals surface area contributed by atoms with Crippen LogP contribution in [0.15, 0.2) is 0 Å². The van der Waals surface area contributed by atoms with E-state index in [0.717, 1.165) is 0 Å². The van der Waals surface area contributed by atoms with E-state index in [2.05, 4.69) is 15.4 Å². The van der Waals surface area contributed by atoms with Crippen LogP contribution in [0.2, 0.25) is 0 Å². The van der Waals surface area contributed by atoms with Crippen molar-refractivity contribution >= 4 is 17.8 Å². The minimum atomic E-state index is -0.715. The molecule has 6 nitrogen and oxygen atoms in total. The van der Waals surface area contributed by atoms with Crippen LogP contribution >= 0.6 is 0 Å². The summed E-state index contributed by atoms with van der Waals surface area (Å²) in [5, 5.41) is 5.20. The van der Waals surface area contributed by atoms with E-state index in [1.165, 1.54) is 14.0 Å². The first kappa shape index (κ1) is 17.4. The zero-order valence-electron chi connectivity index (χ0n) is 12.4. The van der Waals surface area contributed by atoms with E-state index >= 15 is 0 Å². The number of methoxy groups -OCH3 is 1. The Hall–Kier alpha value is -1.59. The van der Waals surface area contributed by atoms with Crippen molar-refractivity contribution in [3.8, 4) is 0 Å². The second-order valence-electron chi connectivity index (χ2n) is 5.18. The van der Waals surface area contributed by atoms with Crippen LogP contribution in [0.25, 0.3) is 0 Å². The molecule has 0 saturated heterocycles. The SMILES string of the molecule is COC(=O)C(NC(=O)C(NC(C)=O)C(C)C)C(C)C. The van der Waals surface area contributed by atoms with Crippen LogP contribution in [0.1, 0.15) is 34.6 Å². The van der Waals surface area contributed by atoms with E-state index in [-0.39, 0.29) is 23.7 Å². The molecule has 2 amide bonds. The van der Waals surface area contributed by atoms with Crippen LogP contribution < -0.4 is 10.6 Å². The molecule has 0 aromatic carbocycles. The van der Waals surface area contributed by atoms with Crippen molar-refractivity contribution in [2.24, 2.45) is 11.8 Å². The molecule has 0 spiro atoms. The molecule has 2 unspecified atom stereocenters. The number of hydrogen-bond donors (Lipinski definition) is 2. The Morgan fingerprint density at radius 2 is 1.37 bits per heavy atom. The summed E-state index contributed by atoms with van der Waals surface area (Å²) in [6, 6.07) is -1.38. The fraction of sp³-hybridized carbons (Fsp3) is 0.769. The molecular weight excluding hydrogens is 248 g/mol. The van der Waals surface area contributed by atoms with Crippen molar-refractivity contribution in [3.05, 3.63) is 0 Å². The zero-order valence-corrected chi connectivity index (χ0v) is 12.4. The molecular formula is C13H24N2O4.